The summed E-state index contributed by atoms with van der Waals surface area (Å²) in [5, 5.41) is 0. The average Bonchev–Trinajstić information content (AvgIpc) is 2.77. The van der Waals surface area contributed by atoms with Gasteiger partial charge in [0.15, 0.2) is 0 Å². The molecule has 2 aromatic carbocycles. The fraction of sp³-hybridized carbons (Fsp3) is 0.429. The Kier molecular flexibility index (Phi) is 8.94. The van der Waals surface area contributed by atoms with Gasteiger partial charge in [0.1, 0.15) is 0 Å². The summed E-state index contributed by atoms with van der Waals surface area (Å²) in [6.45, 7) is 0. The minimum absolute atomic E-state index is 0.658. The summed E-state index contributed by atoms with van der Waals surface area (Å²) in [4.78, 5) is 0. The largest absolute Gasteiger partial charge is 0.477 e. The van der Waals surface area contributed by atoms with Crippen molar-refractivity contribution in [2.24, 2.45) is 0 Å². The molecule has 31 heavy (non-hydrogen) atoms. The molecule has 8 nitrogen and oxygen atoms in total. The zero-order valence-corrected chi connectivity index (χ0v) is 21.3. The van der Waals surface area contributed by atoms with Crippen LogP contribution in [0.5, 0.6) is 0 Å². The second-order valence-corrected chi connectivity index (χ2v) is 12.8. The molecule has 0 aliphatic rings. The van der Waals surface area contributed by atoms with Crippen molar-refractivity contribution in [2.45, 2.75) is 5.79 Å². The average molecular weight is 470 g/mol. The quantitative estimate of drug-likeness (QED) is 0.347. The second kappa shape index (κ2) is 10.6. The highest BCUT2D eigenvalue weighted by molar-refractivity contribution is 7.64. The lowest BCUT2D eigenvalue weighted by atomic mass is 9.98. The number of phosphoric acid groups is 1. The Bertz CT molecular complexity index is 797. The number of nitrogens with zero attached hydrogens (tertiary/aromatic N) is 3. The number of rotatable bonds is 11. The zero-order valence-electron chi connectivity index (χ0n) is 19.6. The minimum atomic E-state index is -3.97. The van der Waals surface area contributed by atoms with Crippen molar-refractivity contribution in [3.8, 4) is 0 Å². The van der Waals surface area contributed by atoms with E-state index in [2.05, 4.69) is 0 Å². The fourth-order valence-electron chi connectivity index (χ4n) is 3.51. The van der Waals surface area contributed by atoms with E-state index in [1.165, 1.54) is 14.2 Å². The van der Waals surface area contributed by atoms with Crippen LogP contribution >= 0.6 is 15.8 Å². The van der Waals surface area contributed by atoms with E-state index in [1.807, 2.05) is 117 Å². The number of hydrogen-bond donors (Lipinski definition) is 0. The van der Waals surface area contributed by atoms with E-state index in [0.29, 0.717) is 11.1 Å². The van der Waals surface area contributed by atoms with E-state index >= 15 is 0 Å². The molecule has 0 fully saturated rings. The lowest BCUT2D eigenvalue weighted by Crippen LogP contribution is -2.44. The van der Waals surface area contributed by atoms with Crippen molar-refractivity contribution >= 4 is 15.8 Å². The van der Waals surface area contributed by atoms with Crippen LogP contribution in [0.25, 0.3) is 0 Å². The van der Waals surface area contributed by atoms with Gasteiger partial charge in [-0.3, -0.25) is 9.05 Å². The smallest absolute Gasteiger partial charge is 0.290 e. The van der Waals surface area contributed by atoms with Gasteiger partial charge in [-0.1, -0.05) is 60.7 Å². The highest BCUT2D eigenvalue weighted by Gasteiger charge is 2.61. The molecule has 10 heteroatoms. The Morgan fingerprint density at radius 3 is 1.35 bits per heavy atom. The molecule has 0 heterocycles. The predicted molar refractivity (Wildman–Crippen MR) is 125 cm³/mol. The van der Waals surface area contributed by atoms with E-state index < -0.39 is 21.6 Å². The summed E-state index contributed by atoms with van der Waals surface area (Å²) in [7, 11) is 7.65. The number of benzene rings is 2. The molecule has 0 bridgehead atoms. The first-order chi connectivity index (χ1) is 14.6. The zero-order chi connectivity index (χ0) is 23.3. The molecule has 172 valence electrons. The summed E-state index contributed by atoms with van der Waals surface area (Å²) >= 11 is 0. The Balaban J connectivity index is 2.90. The monoisotopic (exact) mass is 470 g/mol. The Morgan fingerprint density at radius 1 is 0.710 bits per heavy atom. The molecule has 0 aliphatic carbocycles. The van der Waals surface area contributed by atoms with Gasteiger partial charge in [-0.2, -0.15) is 0 Å². The second-order valence-electron chi connectivity index (χ2n) is 7.40. The predicted octanol–water partition coefficient (Wildman–Crippen LogP) is 4.68. The molecule has 0 atom stereocenters. The summed E-state index contributed by atoms with van der Waals surface area (Å²) in [6.07, 6.45) is 0. The van der Waals surface area contributed by atoms with Gasteiger partial charge in [-0.05, 0) is 0 Å². The van der Waals surface area contributed by atoms with Crippen molar-refractivity contribution in [2.75, 3.05) is 56.5 Å². The van der Waals surface area contributed by atoms with Gasteiger partial charge in [0.05, 0.1) is 0 Å². The molecule has 0 aliphatic heterocycles. The summed E-state index contributed by atoms with van der Waals surface area (Å²) in [5.41, 5.74) is 1.32. The van der Waals surface area contributed by atoms with Crippen LogP contribution in [-0.2, 0) is 28.4 Å². The van der Waals surface area contributed by atoms with Gasteiger partial charge >= 0.3 is 15.8 Å². The standard InChI is InChI=1S/C21H34N3O5P2/c1-22(2)30(23(3)4,24(5)6)28-21(19-15-11-9-12-16-19,20-17-13-10-14-18-20)29-31(25,26-7)27-8/h9-18H,1-8H3/q+1. The first-order valence-electron chi connectivity index (χ1n) is 9.74. The molecule has 0 unspecified atom stereocenters. The molecule has 0 saturated heterocycles. The van der Waals surface area contributed by atoms with Crippen LogP contribution in [0.4, 0.5) is 0 Å². The summed E-state index contributed by atoms with van der Waals surface area (Å²) in [6, 6.07) is 18.8. The topological polar surface area (TPSA) is 63.7 Å². The number of phosphoric ester groups is 1. The van der Waals surface area contributed by atoms with E-state index in [4.69, 9.17) is 18.1 Å². The third-order valence-electron chi connectivity index (χ3n) is 4.81. The first kappa shape index (κ1) is 26.1. The maximum absolute atomic E-state index is 13.3. The highest BCUT2D eigenvalue weighted by atomic mass is 31.2. The third-order valence-corrected chi connectivity index (χ3v) is 9.81. The van der Waals surface area contributed by atoms with Gasteiger partial charge in [-0.25, -0.2) is 9.09 Å². The van der Waals surface area contributed by atoms with Crippen LogP contribution < -0.4 is 0 Å². The van der Waals surface area contributed by atoms with Crippen LogP contribution in [0.1, 0.15) is 11.1 Å². The van der Waals surface area contributed by atoms with E-state index in [-0.39, 0.29) is 0 Å². The molecule has 2 aromatic rings. The molecule has 0 spiro atoms. The molecular formula is C21H34N3O5P2+. The summed E-state index contributed by atoms with van der Waals surface area (Å²) in [5.74, 6) is -1.59. The third kappa shape index (κ3) is 5.25. The molecule has 0 radical (unpaired) electrons. The van der Waals surface area contributed by atoms with E-state index in [0.717, 1.165) is 0 Å². The lowest BCUT2D eigenvalue weighted by Gasteiger charge is -2.43. The fourth-order valence-corrected chi connectivity index (χ4v) is 7.66. The van der Waals surface area contributed by atoms with Crippen LogP contribution in [0.3, 0.4) is 0 Å². The van der Waals surface area contributed by atoms with Crippen molar-refractivity contribution in [1.82, 2.24) is 14.0 Å². The van der Waals surface area contributed by atoms with Crippen molar-refractivity contribution in [3.05, 3.63) is 71.8 Å². The maximum atomic E-state index is 13.3. The van der Waals surface area contributed by atoms with Gasteiger partial charge in [0.2, 0.25) is 0 Å². The van der Waals surface area contributed by atoms with Crippen molar-refractivity contribution in [3.63, 3.8) is 0 Å². The van der Waals surface area contributed by atoms with Crippen LogP contribution in [0.2, 0.25) is 0 Å². The van der Waals surface area contributed by atoms with Crippen LogP contribution in [0.15, 0.2) is 60.7 Å². The number of hydrogen-bond acceptors (Lipinski definition) is 8. The molecule has 0 saturated carbocycles. The first-order valence-corrected chi connectivity index (χ1v) is 12.8. The van der Waals surface area contributed by atoms with Crippen molar-refractivity contribution in [1.29, 1.82) is 0 Å². The molecule has 0 N–H and O–H groups in total. The molecular weight excluding hydrogens is 436 g/mol. The van der Waals surface area contributed by atoms with Crippen LogP contribution in [-0.4, -0.2) is 70.5 Å². The van der Waals surface area contributed by atoms with Gasteiger partial charge < -0.3 is 0 Å². The van der Waals surface area contributed by atoms with E-state index in [9.17, 15) is 4.57 Å². The molecule has 0 amide bonds. The Hall–Kier alpha value is -1.18. The van der Waals surface area contributed by atoms with E-state index in [1.54, 1.807) is 0 Å². The highest BCUT2D eigenvalue weighted by Crippen LogP contribution is 2.70. The van der Waals surface area contributed by atoms with Crippen LogP contribution in [0, 0.1) is 0 Å². The van der Waals surface area contributed by atoms with Gasteiger partial charge in [0.25, 0.3) is 5.79 Å². The Labute approximate surface area is 186 Å². The normalized spacial score (nSPS) is 13.4. The minimum Gasteiger partial charge on any atom is -0.290 e. The van der Waals surface area contributed by atoms with Crippen molar-refractivity contribution < 1.29 is 22.7 Å². The SMILES string of the molecule is COP(=O)(OC)OC(O[P+](N(C)C)(N(C)C)N(C)C)(c1ccccc1)c1ccccc1. The van der Waals surface area contributed by atoms with Gasteiger partial charge in [-0.15, -0.1) is 18.5 Å². The molecule has 0 aromatic heterocycles. The Morgan fingerprint density at radius 2 is 1.06 bits per heavy atom. The summed E-state index contributed by atoms with van der Waals surface area (Å²) < 4.78 is 43.0. The maximum Gasteiger partial charge on any atom is 0.477 e. The molecule has 2 rings (SSSR count). The lowest BCUT2D eigenvalue weighted by molar-refractivity contribution is -0.112. The van der Waals surface area contributed by atoms with Gasteiger partial charge in [0, 0.05) is 67.6 Å².